The summed E-state index contributed by atoms with van der Waals surface area (Å²) in [5, 5.41) is -2.09. The summed E-state index contributed by atoms with van der Waals surface area (Å²) in [4.78, 5) is 56.1. The second kappa shape index (κ2) is 8.69. The molecule has 0 fully saturated rings. The maximum Gasteiger partial charge on any atom is 0.341 e. The third-order valence-corrected chi connectivity index (χ3v) is 8.86. The normalized spacial score (nSPS) is 13.5. The highest BCUT2D eigenvalue weighted by molar-refractivity contribution is 7.71. The number of hydrogen-bond acceptors (Lipinski definition) is 4. The lowest BCUT2D eigenvalue weighted by atomic mass is 9.93. The molecular weight excluding hydrogens is 452 g/mol. The number of rotatable bonds is 7. The minimum atomic E-state index is -5.35. The fourth-order valence-corrected chi connectivity index (χ4v) is 6.67. The SMILES string of the molecule is O=C(CC(c1cc2ccccc2nc1Cl)C(P(=O)(O)O)P(=O)(O)O)c1ccccc1. The Hall–Kier alpha value is -1.89. The van der Waals surface area contributed by atoms with E-state index in [1.807, 2.05) is 0 Å². The quantitative estimate of drug-likeness (QED) is 0.231. The highest BCUT2D eigenvalue weighted by Crippen LogP contribution is 2.65. The summed E-state index contributed by atoms with van der Waals surface area (Å²) in [6.45, 7) is 0. The lowest BCUT2D eigenvalue weighted by Gasteiger charge is -2.28. The Kier molecular flexibility index (Phi) is 6.60. The topological polar surface area (TPSA) is 145 Å². The second-order valence-electron chi connectivity index (χ2n) is 6.75. The number of hydrogen-bond donors (Lipinski definition) is 4. The van der Waals surface area contributed by atoms with Crippen molar-refractivity contribution >= 4 is 43.5 Å². The Labute approximate surface area is 176 Å². The zero-order valence-electron chi connectivity index (χ0n) is 15.4. The van der Waals surface area contributed by atoms with Crippen molar-refractivity contribution in [2.24, 2.45) is 0 Å². The van der Waals surface area contributed by atoms with Crippen molar-refractivity contribution in [3.05, 3.63) is 76.9 Å². The van der Waals surface area contributed by atoms with Crippen LogP contribution in [0.25, 0.3) is 10.9 Å². The van der Waals surface area contributed by atoms with Crippen LogP contribution in [0.5, 0.6) is 0 Å². The van der Waals surface area contributed by atoms with Gasteiger partial charge in [0.2, 0.25) is 0 Å². The number of para-hydroxylation sites is 1. The minimum absolute atomic E-state index is 0.0173. The van der Waals surface area contributed by atoms with Gasteiger partial charge in [0.15, 0.2) is 11.2 Å². The molecule has 158 valence electrons. The monoisotopic (exact) mass is 469 g/mol. The molecule has 8 nitrogen and oxygen atoms in total. The molecule has 1 aromatic heterocycles. The first-order valence-corrected chi connectivity index (χ1v) is 12.5. The van der Waals surface area contributed by atoms with Gasteiger partial charge in [0.25, 0.3) is 0 Å². The van der Waals surface area contributed by atoms with E-state index in [-0.39, 0.29) is 16.3 Å². The van der Waals surface area contributed by atoms with Gasteiger partial charge in [-0.05, 0) is 17.7 Å². The molecule has 1 unspecified atom stereocenters. The zero-order chi connectivity index (χ0) is 22.1. The van der Waals surface area contributed by atoms with E-state index in [0.29, 0.717) is 10.9 Å². The highest BCUT2D eigenvalue weighted by Gasteiger charge is 2.50. The summed E-state index contributed by atoms with van der Waals surface area (Å²) >= 11 is 6.24. The Balaban J connectivity index is 2.19. The number of fused-ring (bicyclic) bond motifs is 1. The average Bonchev–Trinajstić information content (AvgIpc) is 2.65. The Morgan fingerprint density at radius 2 is 1.50 bits per heavy atom. The first-order valence-electron chi connectivity index (χ1n) is 8.72. The minimum Gasteiger partial charge on any atom is -0.324 e. The van der Waals surface area contributed by atoms with Crippen LogP contribution < -0.4 is 0 Å². The lowest BCUT2D eigenvalue weighted by molar-refractivity contribution is 0.0974. The number of ketones is 1. The largest absolute Gasteiger partial charge is 0.341 e. The van der Waals surface area contributed by atoms with Gasteiger partial charge in [0.05, 0.1) is 5.52 Å². The summed E-state index contributed by atoms with van der Waals surface area (Å²) in [7, 11) is -10.7. The molecule has 11 heteroatoms. The van der Waals surface area contributed by atoms with Crippen molar-refractivity contribution in [2.75, 3.05) is 0 Å². The number of Topliss-reactive ketones (excluding diaryl/α,β-unsaturated/α-hetero) is 1. The van der Waals surface area contributed by atoms with Crippen LogP contribution in [0.1, 0.15) is 28.3 Å². The third-order valence-electron chi connectivity index (χ3n) is 4.65. The van der Waals surface area contributed by atoms with Gasteiger partial charge in [0.1, 0.15) is 5.15 Å². The van der Waals surface area contributed by atoms with Gasteiger partial charge in [0, 0.05) is 23.3 Å². The molecule has 0 bridgehead atoms. The number of aromatic nitrogens is 1. The van der Waals surface area contributed by atoms with Crippen LogP contribution in [0.2, 0.25) is 5.15 Å². The molecule has 2 aromatic carbocycles. The van der Waals surface area contributed by atoms with E-state index in [1.54, 1.807) is 42.5 Å². The molecule has 0 saturated carbocycles. The number of pyridine rings is 1. The number of carbonyl (C=O) groups excluding carboxylic acids is 1. The van der Waals surface area contributed by atoms with E-state index in [4.69, 9.17) is 11.6 Å². The van der Waals surface area contributed by atoms with E-state index in [2.05, 4.69) is 4.98 Å². The number of nitrogens with zero attached hydrogens (tertiary/aromatic N) is 1. The van der Waals surface area contributed by atoms with Crippen LogP contribution in [0.15, 0.2) is 60.7 Å². The number of halogens is 1. The van der Waals surface area contributed by atoms with Gasteiger partial charge in [-0.3, -0.25) is 13.9 Å². The van der Waals surface area contributed by atoms with Crippen molar-refractivity contribution in [3.63, 3.8) is 0 Å². The maximum absolute atomic E-state index is 12.8. The molecule has 0 aliphatic rings. The Morgan fingerprint density at radius 3 is 2.10 bits per heavy atom. The molecule has 1 atom stereocenters. The number of benzene rings is 2. The summed E-state index contributed by atoms with van der Waals surface area (Å²) in [6.07, 6.45) is -0.579. The Morgan fingerprint density at radius 1 is 0.933 bits per heavy atom. The summed E-state index contributed by atoms with van der Waals surface area (Å²) in [5.41, 5.74) is 0.710. The van der Waals surface area contributed by atoms with Gasteiger partial charge >= 0.3 is 15.2 Å². The molecule has 0 aliphatic heterocycles. The van der Waals surface area contributed by atoms with Crippen molar-refractivity contribution < 1.29 is 33.5 Å². The van der Waals surface area contributed by atoms with E-state index in [9.17, 15) is 33.5 Å². The smallest absolute Gasteiger partial charge is 0.324 e. The van der Waals surface area contributed by atoms with Crippen LogP contribution in [0, 0.1) is 0 Å². The van der Waals surface area contributed by atoms with Gasteiger partial charge in [-0.25, -0.2) is 4.98 Å². The Bertz CT molecular complexity index is 1150. The average molecular weight is 470 g/mol. The fraction of sp³-hybridized carbons (Fsp3) is 0.158. The van der Waals surface area contributed by atoms with Crippen molar-refractivity contribution in [1.82, 2.24) is 4.98 Å². The fourth-order valence-electron chi connectivity index (χ4n) is 3.35. The van der Waals surface area contributed by atoms with Crippen LogP contribution in [0.4, 0.5) is 0 Å². The maximum atomic E-state index is 12.8. The van der Waals surface area contributed by atoms with Crippen LogP contribution in [0.3, 0.4) is 0 Å². The predicted octanol–water partition coefficient (Wildman–Crippen LogP) is 3.93. The molecule has 30 heavy (non-hydrogen) atoms. The molecule has 0 aliphatic carbocycles. The van der Waals surface area contributed by atoms with Gasteiger partial charge in [-0.2, -0.15) is 0 Å². The van der Waals surface area contributed by atoms with Crippen molar-refractivity contribution in [3.8, 4) is 0 Å². The van der Waals surface area contributed by atoms with Gasteiger partial charge < -0.3 is 19.6 Å². The zero-order valence-corrected chi connectivity index (χ0v) is 17.9. The summed E-state index contributed by atoms with van der Waals surface area (Å²) in [6, 6.07) is 16.1. The van der Waals surface area contributed by atoms with Crippen LogP contribution >= 0.6 is 26.8 Å². The lowest BCUT2D eigenvalue weighted by Crippen LogP contribution is -2.23. The molecule has 0 spiro atoms. The molecular formula is C19H18ClNO7P2. The summed E-state index contributed by atoms with van der Waals surface area (Å²) < 4.78 is 24.2. The highest BCUT2D eigenvalue weighted by atomic mass is 35.5. The molecule has 3 rings (SSSR count). The van der Waals surface area contributed by atoms with E-state index in [0.717, 1.165) is 0 Å². The number of carbonyl (C=O) groups is 1. The first kappa shape index (κ1) is 22.8. The second-order valence-corrected chi connectivity index (χ2v) is 11.0. The molecule has 3 aromatic rings. The van der Waals surface area contributed by atoms with E-state index >= 15 is 0 Å². The van der Waals surface area contributed by atoms with Crippen LogP contribution in [-0.2, 0) is 9.13 Å². The van der Waals surface area contributed by atoms with Crippen LogP contribution in [-0.4, -0.2) is 35.7 Å². The molecule has 1 heterocycles. The molecule has 0 amide bonds. The third kappa shape index (κ3) is 5.05. The molecule has 0 saturated heterocycles. The first-order chi connectivity index (χ1) is 14.0. The molecule has 4 N–H and O–H groups in total. The van der Waals surface area contributed by atoms with E-state index < -0.39 is 38.7 Å². The van der Waals surface area contributed by atoms with Crippen molar-refractivity contribution in [2.45, 2.75) is 17.7 Å². The van der Waals surface area contributed by atoms with E-state index in [1.165, 1.54) is 18.2 Å². The van der Waals surface area contributed by atoms with Crippen molar-refractivity contribution in [1.29, 1.82) is 0 Å². The molecule has 0 radical (unpaired) electrons. The standard InChI is InChI=1S/C19H18ClNO7P2/c20-18-14(10-13-8-4-5-9-16(13)21-18)15(19(29(23,24)25)30(26,27)28)11-17(22)12-6-2-1-3-7-12/h1-10,15,19H,11H2,(H2,23,24,25)(H2,26,27,28). The van der Waals surface area contributed by atoms with Gasteiger partial charge in [-0.1, -0.05) is 60.1 Å². The summed E-state index contributed by atoms with van der Waals surface area (Å²) in [5.74, 6) is -2.11. The predicted molar refractivity (Wildman–Crippen MR) is 113 cm³/mol. The van der Waals surface area contributed by atoms with Gasteiger partial charge in [-0.15, -0.1) is 0 Å².